The van der Waals surface area contributed by atoms with Gasteiger partial charge in [0.15, 0.2) is 11.6 Å². The van der Waals surface area contributed by atoms with Crippen LogP contribution < -0.4 is 9.47 Å². The maximum Gasteiger partial charge on any atom is 0.426 e. The van der Waals surface area contributed by atoms with Crippen molar-refractivity contribution in [1.82, 2.24) is 0 Å². The smallest absolute Gasteiger partial charge is 0.426 e. The van der Waals surface area contributed by atoms with Crippen molar-refractivity contribution in [3.63, 3.8) is 0 Å². The summed E-state index contributed by atoms with van der Waals surface area (Å²) in [5.41, 5.74) is 0.709. The number of ether oxygens (including phenoxy) is 2. The molecule has 0 aromatic heterocycles. The highest BCUT2D eigenvalue weighted by molar-refractivity contribution is 5.34. The molecule has 2 aliphatic carbocycles. The van der Waals surface area contributed by atoms with E-state index in [0.29, 0.717) is 12.0 Å². The molecule has 0 atom stereocenters. The number of benzene rings is 2. The van der Waals surface area contributed by atoms with Crippen LogP contribution in [-0.4, -0.2) is 6.61 Å². The topological polar surface area (TPSA) is 18.5 Å². The highest BCUT2D eigenvalue weighted by atomic mass is 19.3. The summed E-state index contributed by atoms with van der Waals surface area (Å²) in [7, 11) is 0. The van der Waals surface area contributed by atoms with Gasteiger partial charge in [-0.2, -0.15) is 17.6 Å². The second kappa shape index (κ2) is 13.2. The van der Waals surface area contributed by atoms with Gasteiger partial charge < -0.3 is 9.47 Å². The third-order valence-electron chi connectivity index (χ3n) is 8.63. The molecule has 0 spiro atoms. The minimum absolute atomic E-state index is 0.348. The molecule has 2 aromatic carbocycles. The van der Waals surface area contributed by atoms with Crippen molar-refractivity contribution < 1.29 is 31.4 Å². The standard InChI is InChI=1S/C31H39F5O2/c1-2-3-4-5-21-6-8-22(9-7-21)23-10-12-24(13-11-23)25-14-16-26(17-15-25)31(35,36)38-27-18-19-29(28(32)20-27)37-30(33)34/h14-24,30H,2-13H2,1H3. The first-order chi connectivity index (χ1) is 18.2. The van der Waals surface area contributed by atoms with Crippen molar-refractivity contribution in [2.75, 3.05) is 0 Å². The van der Waals surface area contributed by atoms with E-state index < -0.39 is 30.0 Å². The minimum atomic E-state index is -3.71. The Labute approximate surface area is 222 Å². The Bertz CT molecular complexity index is 994. The Morgan fingerprint density at radius 2 is 1.47 bits per heavy atom. The van der Waals surface area contributed by atoms with Crippen LogP contribution >= 0.6 is 0 Å². The zero-order chi connectivity index (χ0) is 27.1. The van der Waals surface area contributed by atoms with Crippen LogP contribution in [-0.2, 0) is 6.11 Å². The summed E-state index contributed by atoms with van der Waals surface area (Å²) in [5.74, 6) is 0.514. The van der Waals surface area contributed by atoms with Crippen molar-refractivity contribution in [1.29, 1.82) is 0 Å². The lowest BCUT2D eigenvalue weighted by Crippen LogP contribution is -2.25. The molecule has 0 amide bonds. The molecule has 0 radical (unpaired) electrons. The summed E-state index contributed by atoms with van der Waals surface area (Å²) in [6.45, 7) is -0.957. The van der Waals surface area contributed by atoms with Crippen LogP contribution in [0.25, 0.3) is 0 Å². The van der Waals surface area contributed by atoms with E-state index in [1.54, 1.807) is 12.1 Å². The Kier molecular flexibility index (Phi) is 9.94. The van der Waals surface area contributed by atoms with E-state index in [0.717, 1.165) is 48.3 Å². The van der Waals surface area contributed by atoms with Gasteiger partial charge in [-0.05, 0) is 92.0 Å². The zero-order valence-corrected chi connectivity index (χ0v) is 22.1. The molecule has 2 aliphatic rings. The van der Waals surface area contributed by atoms with Gasteiger partial charge in [-0.1, -0.05) is 57.6 Å². The molecule has 2 aromatic rings. The predicted octanol–water partition coefficient (Wildman–Crippen LogP) is 10.2. The van der Waals surface area contributed by atoms with Gasteiger partial charge >= 0.3 is 12.7 Å². The van der Waals surface area contributed by atoms with Gasteiger partial charge in [-0.15, -0.1) is 0 Å². The molecule has 210 valence electrons. The van der Waals surface area contributed by atoms with Crippen LogP contribution in [0.5, 0.6) is 11.5 Å². The molecular formula is C31H39F5O2. The SMILES string of the molecule is CCCCCC1CCC(C2CCC(c3ccc(C(F)(F)Oc4ccc(OC(F)F)c(F)c4)cc3)CC2)CC1. The van der Waals surface area contributed by atoms with Crippen molar-refractivity contribution in [3.05, 3.63) is 59.4 Å². The largest absolute Gasteiger partial charge is 0.432 e. The fourth-order valence-electron chi connectivity index (χ4n) is 6.45. The average Bonchev–Trinajstić information content (AvgIpc) is 2.91. The molecule has 2 fully saturated rings. The minimum Gasteiger partial charge on any atom is -0.432 e. The molecule has 0 bridgehead atoms. The maximum atomic E-state index is 14.7. The molecule has 0 heterocycles. The first kappa shape index (κ1) is 28.7. The first-order valence-corrected chi connectivity index (χ1v) is 14.2. The summed E-state index contributed by atoms with van der Waals surface area (Å²) in [4.78, 5) is 0. The van der Waals surface area contributed by atoms with E-state index in [9.17, 15) is 22.0 Å². The van der Waals surface area contributed by atoms with Crippen LogP contribution in [0.15, 0.2) is 42.5 Å². The lowest BCUT2D eigenvalue weighted by Gasteiger charge is -2.38. The number of alkyl halides is 4. The molecule has 0 saturated heterocycles. The van der Waals surface area contributed by atoms with E-state index in [-0.39, 0.29) is 5.56 Å². The van der Waals surface area contributed by atoms with Crippen LogP contribution in [0.1, 0.15) is 101 Å². The summed E-state index contributed by atoms with van der Waals surface area (Å²) >= 11 is 0. The lowest BCUT2D eigenvalue weighted by atomic mass is 9.68. The third-order valence-corrected chi connectivity index (χ3v) is 8.63. The number of rotatable bonds is 11. The maximum absolute atomic E-state index is 14.7. The van der Waals surface area contributed by atoms with Crippen molar-refractivity contribution in [2.24, 2.45) is 17.8 Å². The van der Waals surface area contributed by atoms with Gasteiger partial charge in [0.1, 0.15) is 5.75 Å². The van der Waals surface area contributed by atoms with E-state index in [1.165, 1.54) is 76.3 Å². The molecule has 7 heteroatoms. The van der Waals surface area contributed by atoms with E-state index in [2.05, 4.69) is 11.7 Å². The van der Waals surface area contributed by atoms with Gasteiger partial charge in [0, 0.05) is 6.07 Å². The average molecular weight is 539 g/mol. The highest BCUT2D eigenvalue weighted by Gasteiger charge is 2.36. The Balaban J connectivity index is 1.27. The predicted molar refractivity (Wildman–Crippen MR) is 138 cm³/mol. The van der Waals surface area contributed by atoms with E-state index in [1.807, 2.05) is 0 Å². The van der Waals surface area contributed by atoms with Crippen molar-refractivity contribution in [3.8, 4) is 11.5 Å². The molecule has 4 rings (SSSR count). The molecule has 38 heavy (non-hydrogen) atoms. The van der Waals surface area contributed by atoms with Gasteiger partial charge in [0.05, 0.1) is 5.56 Å². The third kappa shape index (κ3) is 7.63. The Morgan fingerprint density at radius 1 is 0.842 bits per heavy atom. The summed E-state index contributed by atoms with van der Waals surface area (Å²) < 4.78 is 76.6. The number of unbranched alkanes of at least 4 members (excludes halogenated alkanes) is 2. The van der Waals surface area contributed by atoms with Crippen molar-refractivity contribution in [2.45, 2.75) is 103 Å². The van der Waals surface area contributed by atoms with Gasteiger partial charge in [-0.3, -0.25) is 0 Å². The fourth-order valence-corrected chi connectivity index (χ4v) is 6.45. The van der Waals surface area contributed by atoms with E-state index >= 15 is 0 Å². The molecule has 0 N–H and O–H groups in total. The number of hydrogen-bond donors (Lipinski definition) is 0. The fraction of sp³-hybridized carbons (Fsp3) is 0.613. The summed E-state index contributed by atoms with van der Waals surface area (Å²) in [6.07, 6.45) is 11.8. The Morgan fingerprint density at radius 3 is 2.05 bits per heavy atom. The van der Waals surface area contributed by atoms with Gasteiger partial charge in [-0.25, -0.2) is 4.39 Å². The number of halogens is 5. The molecule has 2 nitrogen and oxygen atoms in total. The Hall–Kier alpha value is -2.31. The van der Waals surface area contributed by atoms with Crippen LogP contribution in [0.4, 0.5) is 22.0 Å². The van der Waals surface area contributed by atoms with Crippen molar-refractivity contribution >= 4 is 0 Å². The summed E-state index contributed by atoms with van der Waals surface area (Å²) in [5, 5.41) is 0. The molecule has 0 aliphatic heterocycles. The monoisotopic (exact) mass is 538 g/mol. The van der Waals surface area contributed by atoms with E-state index in [4.69, 9.17) is 4.74 Å². The second-order valence-electron chi connectivity index (χ2n) is 11.1. The normalized spacial score (nSPS) is 24.4. The first-order valence-electron chi connectivity index (χ1n) is 14.2. The second-order valence-corrected chi connectivity index (χ2v) is 11.1. The molecule has 0 unspecified atom stereocenters. The van der Waals surface area contributed by atoms with Crippen LogP contribution in [0.3, 0.4) is 0 Å². The number of hydrogen-bond acceptors (Lipinski definition) is 2. The van der Waals surface area contributed by atoms with Crippen LogP contribution in [0, 0.1) is 23.6 Å². The molecule has 2 saturated carbocycles. The lowest BCUT2D eigenvalue weighted by molar-refractivity contribution is -0.185. The summed E-state index contributed by atoms with van der Waals surface area (Å²) in [6, 6.07) is 8.60. The van der Waals surface area contributed by atoms with Gasteiger partial charge in [0.25, 0.3) is 0 Å². The zero-order valence-electron chi connectivity index (χ0n) is 22.1. The quantitative estimate of drug-likeness (QED) is 0.209. The highest BCUT2D eigenvalue weighted by Crippen LogP contribution is 2.45. The van der Waals surface area contributed by atoms with Gasteiger partial charge in [0.2, 0.25) is 0 Å². The van der Waals surface area contributed by atoms with Crippen LogP contribution in [0.2, 0.25) is 0 Å². The molecular weight excluding hydrogens is 499 g/mol.